The van der Waals surface area contributed by atoms with Crippen LogP contribution < -0.4 is 11.1 Å². The summed E-state index contributed by atoms with van der Waals surface area (Å²) in [6.07, 6.45) is 1.09. The molecule has 0 aliphatic rings. The lowest BCUT2D eigenvalue weighted by Crippen LogP contribution is -2.17. The molecule has 6 heteroatoms. The summed E-state index contributed by atoms with van der Waals surface area (Å²) in [4.78, 5) is 15.9. The molecule has 0 saturated carbocycles. The van der Waals surface area contributed by atoms with Crippen LogP contribution in [0.15, 0.2) is 6.07 Å². The van der Waals surface area contributed by atoms with Gasteiger partial charge in [0.25, 0.3) is 0 Å². The van der Waals surface area contributed by atoms with Gasteiger partial charge in [-0.1, -0.05) is 12.2 Å². The highest BCUT2D eigenvalue weighted by Gasteiger charge is 2.11. The van der Waals surface area contributed by atoms with Gasteiger partial charge in [-0.05, 0) is 33.3 Å². The second-order valence-electron chi connectivity index (χ2n) is 4.47. The number of hydrogen-bond acceptors (Lipinski definition) is 5. The highest BCUT2D eigenvalue weighted by molar-refractivity contribution is 7.80. The minimum atomic E-state index is -0.175. The first-order valence-electron chi connectivity index (χ1n) is 6.63. The van der Waals surface area contributed by atoms with Crippen LogP contribution in [0.25, 0.3) is 0 Å². The monoisotopic (exact) mass is 295 g/mol. The van der Waals surface area contributed by atoms with Gasteiger partial charge in [0.15, 0.2) is 0 Å². The van der Waals surface area contributed by atoms with E-state index in [4.69, 9.17) is 22.7 Å². The third-order valence-corrected chi connectivity index (χ3v) is 2.96. The third-order valence-electron chi connectivity index (χ3n) is 2.75. The van der Waals surface area contributed by atoms with Gasteiger partial charge in [0, 0.05) is 30.0 Å². The van der Waals surface area contributed by atoms with Crippen molar-refractivity contribution in [2.24, 2.45) is 5.73 Å². The van der Waals surface area contributed by atoms with E-state index in [1.165, 1.54) is 0 Å². The van der Waals surface area contributed by atoms with Gasteiger partial charge in [-0.2, -0.15) is 0 Å². The lowest BCUT2D eigenvalue weighted by atomic mass is 10.1. The Morgan fingerprint density at radius 2 is 2.20 bits per heavy atom. The molecule has 0 saturated heterocycles. The van der Waals surface area contributed by atoms with E-state index in [2.05, 4.69) is 10.3 Å². The van der Waals surface area contributed by atoms with E-state index in [-0.39, 0.29) is 5.97 Å². The number of carbonyl (C=O) groups excluding carboxylic acids is 1. The maximum absolute atomic E-state index is 11.2. The summed E-state index contributed by atoms with van der Waals surface area (Å²) in [5, 5.41) is 3.26. The number of aromatic nitrogens is 1. The Labute approximate surface area is 124 Å². The molecule has 0 unspecified atom stereocenters. The van der Waals surface area contributed by atoms with Gasteiger partial charge < -0.3 is 15.8 Å². The molecule has 0 aromatic carbocycles. The zero-order chi connectivity index (χ0) is 15.1. The number of carbonyl (C=O) groups is 1. The number of esters is 1. The van der Waals surface area contributed by atoms with Crippen molar-refractivity contribution in [1.29, 1.82) is 0 Å². The highest BCUT2D eigenvalue weighted by atomic mass is 32.1. The number of hydrogen-bond donors (Lipinski definition) is 2. The van der Waals surface area contributed by atoms with Crippen molar-refractivity contribution in [1.82, 2.24) is 4.98 Å². The van der Waals surface area contributed by atoms with Crippen LogP contribution in [0.5, 0.6) is 0 Å². The number of anilines is 1. The number of nitrogens with two attached hydrogens (primary N) is 1. The van der Waals surface area contributed by atoms with Crippen LogP contribution in [0, 0.1) is 13.8 Å². The molecule has 0 spiro atoms. The van der Waals surface area contributed by atoms with Crippen LogP contribution in [0.3, 0.4) is 0 Å². The van der Waals surface area contributed by atoms with Crippen molar-refractivity contribution in [2.45, 2.75) is 33.6 Å². The molecule has 5 nitrogen and oxygen atoms in total. The molecule has 0 aliphatic carbocycles. The zero-order valence-corrected chi connectivity index (χ0v) is 13.0. The third kappa shape index (κ3) is 4.77. The number of nitrogens with zero attached hydrogens (tertiary/aromatic N) is 1. The van der Waals surface area contributed by atoms with E-state index >= 15 is 0 Å². The van der Waals surface area contributed by atoms with Gasteiger partial charge in [-0.25, -0.2) is 0 Å². The Hall–Kier alpha value is -1.69. The van der Waals surface area contributed by atoms with Crippen LogP contribution in [0.4, 0.5) is 5.69 Å². The smallest absolute Gasteiger partial charge is 0.305 e. The van der Waals surface area contributed by atoms with E-state index in [0.717, 1.165) is 22.6 Å². The predicted molar refractivity (Wildman–Crippen MR) is 84.0 cm³/mol. The molecule has 0 bridgehead atoms. The first-order chi connectivity index (χ1) is 9.45. The number of ether oxygens (including phenoxy) is 1. The van der Waals surface area contributed by atoms with E-state index in [1.54, 1.807) is 6.92 Å². The number of thiocarbonyl (C=S) groups is 1. The fraction of sp³-hybridized carbons (Fsp3) is 0.500. The van der Waals surface area contributed by atoms with Gasteiger partial charge in [0.05, 0.1) is 12.2 Å². The molecule has 20 heavy (non-hydrogen) atoms. The Morgan fingerprint density at radius 1 is 1.50 bits per heavy atom. The van der Waals surface area contributed by atoms with Crippen molar-refractivity contribution in [2.75, 3.05) is 18.5 Å². The minimum absolute atomic E-state index is 0.175. The van der Waals surface area contributed by atoms with E-state index in [9.17, 15) is 4.79 Å². The molecule has 0 amide bonds. The Bertz CT molecular complexity index is 503. The highest BCUT2D eigenvalue weighted by Crippen LogP contribution is 2.19. The molecule has 1 rings (SSSR count). The summed E-state index contributed by atoms with van der Waals surface area (Å²) in [6.45, 7) is 6.66. The number of aryl methyl sites for hydroxylation is 2. The van der Waals surface area contributed by atoms with Crippen molar-refractivity contribution >= 4 is 28.9 Å². The van der Waals surface area contributed by atoms with Crippen LogP contribution in [-0.2, 0) is 9.53 Å². The fourth-order valence-electron chi connectivity index (χ4n) is 1.97. The molecule has 0 radical (unpaired) electrons. The fourth-order valence-corrected chi connectivity index (χ4v) is 2.23. The summed E-state index contributed by atoms with van der Waals surface area (Å²) < 4.78 is 4.88. The lowest BCUT2D eigenvalue weighted by molar-refractivity contribution is -0.143. The van der Waals surface area contributed by atoms with Crippen molar-refractivity contribution in [3.05, 3.63) is 23.0 Å². The van der Waals surface area contributed by atoms with Gasteiger partial charge in [-0.15, -0.1) is 0 Å². The molecule has 1 aromatic heterocycles. The van der Waals surface area contributed by atoms with Crippen LogP contribution >= 0.6 is 12.2 Å². The topological polar surface area (TPSA) is 77.2 Å². The molecule has 3 N–H and O–H groups in total. The van der Waals surface area contributed by atoms with Crippen LogP contribution in [0.2, 0.25) is 0 Å². The second-order valence-corrected chi connectivity index (χ2v) is 4.91. The number of nitrogens with one attached hydrogen (secondary N) is 1. The Morgan fingerprint density at radius 3 is 2.80 bits per heavy atom. The largest absolute Gasteiger partial charge is 0.466 e. The summed E-state index contributed by atoms with van der Waals surface area (Å²) in [5.41, 5.74) is 9.08. The lowest BCUT2D eigenvalue weighted by Gasteiger charge is -2.14. The molecule has 0 atom stereocenters. The van der Waals surface area contributed by atoms with Crippen molar-refractivity contribution in [3.8, 4) is 0 Å². The molecular formula is C14H21N3O2S. The summed E-state index contributed by atoms with van der Waals surface area (Å²) in [5.74, 6) is -0.175. The standard InChI is InChI=1S/C14H21N3O2S/c1-4-19-12(18)6-5-7-16-11-8-9(2)17-10(3)13(11)14(15)20/h8H,4-7H2,1-3H3,(H2,15,20)(H,16,17). The van der Waals surface area contributed by atoms with Crippen molar-refractivity contribution in [3.63, 3.8) is 0 Å². The van der Waals surface area contributed by atoms with Crippen LogP contribution in [0.1, 0.15) is 36.7 Å². The minimum Gasteiger partial charge on any atom is -0.466 e. The zero-order valence-electron chi connectivity index (χ0n) is 12.2. The average molecular weight is 295 g/mol. The molecule has 0 aliphatic heterocycles. The van der Waals surface area contributed by atoms with E-state index in [1.807, 2.05) is 19.9 Å². The molecule has 110 valence electrons. The maximum atomic E-state index is 11.2. The summed E-state index contributed by atoms with van der Waals surface area (Å²) >= 11 is 5.06. The number of rotatable bonds is 7. The SMILES string of the molecule is CCOC(=O)CCCNc1cc(C)nc(C)c1C(N)=S. The van der Waals surface area contributed by atoms with Gasteiger partial charge in [-0.3, -0.25) is 9.78 Å². The first kappa shape index (κ1) is 16.4. The molecular weight excluding hydrogens is 274 g/mol. The molecule has 1 heterocycles. The normalized spacial score (nSPS) is 10.2. The second kappa shape index (κ2) is 7.79. The average Bonchev–Trinajstić information content (AvgIpc) is 2.33. The van der Waals surface area contributed by atoms with E-state index < -0.39 is 0 Å². The maximum Gasteiger partial charge on any atom is 0.305 e. The summed E-state index contributed by atoms with van der Waals surface area (Å²) in [7, 11) is 0. The van der Waals surface area contributed by atoms with E-state index in [0.29, 0.717) is 31.0 Å². The number of pyridine rings is 1. The Kier molecular flexibility index (Phi) is 6.38. The quantitative estimate of drug-likeness (QED) is 0.456. The van der Waals surface area contributed by atoms with Crippen LogP contribution in [-0.4, -0.2) is 29.1 Å². The first-order valence-corrected chi connectivity index (χ1v) is 7.04. The van der Waals surface area contributed by atoms with Gasteiger partial charge in [0.1, 0.15) is 4.99 Å². The Balaban J connectivity index is 2.64. The van der Waals surface area contributed by atoms with Crippen molar-refractivity contribution < 1.29 is 9.53 Å². The molecule has 1 aromatic rings. The predicted octanol–water partition coefficient (Wildman–Crippen LogP) is 2.09. The molecule has 0 fully saturated rings. The summed E-state index contributed by atoms with van der Waals surface area (Å²) in [6, 6.07) is 1.91. The van der Waals surface area contributed by atoms with Gasteiger partial charge >= 0.3 is 5.97 Å². The van der Waals surface area contributed by atoms with Gasteiger partial charge in [0.2, 0.25) is 0 Å².